The molecule has 0 bridgehead atoms. The molecule has 18 nitrogen and oxygen atoms in total. The first-order valence-electron chi connectivity index (χ1n) is 6.23. The second-order valence-electron chi connectivity index (χ2n) is 4.83. The second kappa shape index (κ2) is 25.5. The average molecular weight is 523 g/mol. The predicted octanol–water partition coefficient (Wildman–Crippen LogP) is -14.9. The van der Waals surface area contributed by atoms with Crippen LogP contribution in [-0.2, 0) is 28.8 Å². The Morgan fingerprint density at radius 2 is 0.576 bits per heavy atom. The van der Waals surface area contributed by atoms with Crippen molar-refractivity contribution in [1.82, 2.24) is 0 Å². The SMILES string of the molecule is O.O.O.O.O=C([O-])CC(O)(CC(=O)[O-])C(=O)[O-].O=C([O-])CC(O)(CC(=O)[O-])C(=O)[O-].[Mg+2].[Mg+2].[Mg+2]. The third kappa shape index (κ3) is 27.0. The van der Waals surface area contributed by atoms with Crippen LogP contribution in [0.3, 0.4) is 0 Å². The number of rotatable bonds is 10. The molecular formula is C12H18Mg3O18. The maximum atomic E-state index is 10.1. The minimum Gasteiger partial charge on any atom is -0.550 e. The number of hydrogen-bond donors (Lipinski definition) is 2. The fourth-order valence-electron chi connectivity index (χ4n) is 1.37. The molecule has 0 aromatic carbocycles. The van der Waals surface area contributed by atoms with E-state index in [1.54, 1.807) is 0 Å². The topological polar surface area (TPSA) is 407 Å². The summed E-state index contributed by atoms with van der Waals surface area (Å²) in [5.74, 6) is -12.0. The van der Waals surface area contributed by atoms with Crippen molar-refractivity contribution in [3.63, 3.8) is 0 Å². The van der Waals surface area contributed by atoms with E-state index in [4.69, 9.17) is 10.2 Å². The summed E-state index contributed by atoms with van der Waals surface area (Å²) in [4.78, 5) is 60.0. The van der Waals surface area contributed by atoms with Gasteiger partial charge in [0, 0.05) is 49.6 Å². The number of aliphatic hydroxyl groups is 2. The maximum absolute atomic E-state index is 10.1. The molecule has 0 rings (SSSR count). The van der Waals surface area contributed by atoms with E-state index < -0.39 is 72.7 Å². The molecular weight excluding hydrogens is 505 g/mol. The Hall–Kier alpha value is -1.12. The van der Waals surface area contributed by atoms with Gasteiger partial charge in [0.1, 0.15) is 11.2 Å². The summed E-state index contributed by atoms with van der Waals surface area (Å²) in [7, 11) is 0. The largest absolute Gasteiger partial charge is 2.00 e. The van der Waals surface area contributed by atoms with E-state index in [1.807, 2.05) is 0 Å². The van der Waals surface area contributed by atoms with Crippen LogP contribution in [0.25, 0.3) is 0 Å². The van der Waals surface area contributed by atoms with E-state index in [1.165, 1.54) is 0 Å². The van der Waals surface area contributed by atoms with Gasteiger partial charge < -0.3 is 91.5 Å². The van der Waals surface area contributed by atoms with Crippen LogP contribution in [0, 0.1) is 0 Å². The quantitative estimate of drug-likeness (QED) is 0.251. The molecule has 0 fully saturated rings. The van der Waals surface area contributed by atoms with Crippen molar-refractivity contribution < 1.29 is 91.5 Å². The summed E-state index contributed by atoms with van der Waals surface area (Å²) in [6.07, 6.45) is -5.43. The normalized spacial score (nSPS) is 8.55. The number of hydrogen-bond acceptors (Lipinski definition) is 14. The van der Waals surface area contributed by atoms with Crippen molar-refractivity contribution in [2.24, 2.45) is 0 Å². The Kier molecular flexibility index (Phi) is 44.9. The third-order valence-electron chi connectivity index (χ3n) is 2.51. The van der Waals surface area contributed by atoms with Gasteiger partial charge in [-0.2, -0.15) is 0 Å². The van der Waals surface area contributed by atoms with Gasteiger partial charge in [-0.15, -0.1) is 0 Å². The van der Waals surface area contributed by atoms with E-state index in [2.05, 4.69) is 0 Å². The Balaban J connectivity index is -0.0000000411. The van der Waals surface area contributed by atoms with E-state index in [-0.39, 0.29) is 91.1 Å². The zero-order chi connectivity index (χ0) is 21.3. The smallest absolute Gasteiger partial charge is 0.550 e. The monoisotopic (exact) mass is 522 g/mol. The molecule has 0 heterocycles. The van der Waals surface area contributed by atoms with Crippen LogP contribution in [-0.4, -0.2) is 148 Å². The fraction of sp³-hybridized carbons (Fsp3) is 0.500. The molecule has 33 heavy (non-hydrogen) atoms. The van der Waals surface area contributed by atoms with E-state index in [9.17, 15) is 59.4 Å². The molecule has 0 saturated carbocycles. The van der Waals surface area contributed by atoms with Gasteiger partial charge in [-0.1, -0.05) is 0 Å². The van der Waals surface area contributed by atoms with Gasteiger partial charge in [-0.25, -0.2) is 0 Å². The minimum absolute atomic E-state index is 0. The standard InChI is InChI=1S/2C6H8O7.3Mg.4H2O/c2*7-3(8)1-6(13,5(11)12)2-4(9)10;;;;;;;/h2*13H,1-2H2,(H,7,8)(H,9,10)(H,11,12);;;;4*1H2/q;;3*+2;;;;/p-6. The fourth-order valence-corrected chi connectivity index (χ4v) is 1.37. The first kappa shape index (κ1) is 58.1. The Bertz CT molecular complexity index is 524. The molecule has 0 aromatic heterocycles. The van der Waals surface area contributed by atoms with Gasteiger partial charge in [0.05, 0.1) is 11.9 Å². The van der Waals surface area contributed by atoms with Crippen LogP contribution in [0.4, 0.5) is 0 Å². The molecule has 0 aliphatic carbocycles. The molecule has 0 atom stereocenters. The molecule has 0 spiro atoms. The summed E-state index contributed by atoms with van der Waals surface area (Å²) in [5, 5.41) is 77.9. The Morgan fingerprint density at radius 3 is 0.636 bits per heavy atom. The van der Waals surface area contributed by atoms with Gasteiger partial charge in [-0.05, 0) is 0 Å². The van der Waals surface area contributed by atoms with Crippen LogP contribution in [0.5, 0.6) is 0 Å². The molecule has 0 aliphatic rings. The molecule has 10 N–H and O–H groups in total. The minimum atomic E-state index is -2.97. The first-order chi connectivity index (χ1) is 11.6. The summed E-state index contributed by atoms with van der Waals surface area (Å²) < 4.78 is 0. The molecule has 21 heteroatoms. The molecule has 0 saturated heterocycles. The van der Waals surface area contributed by atoms with Crippen molar-refractivity contribution in [2.45, 2.75) is 36.9 Å². The molecule has 0 radical (unpaired) electrons. The van der Waals surface area contributed by atoms with E-state index in [0.717, 1.165) is 0 Å². The number of aliphatic carboxylic acids is 6. The van der Waals surface area contributed by atoms with Crippen molar-refractivity contribution in [1.29, 1.82) is 0 Å². The van der Waals surface area contributed by atoms with Crippen molar-refractivity contribution in [3.05, 3.63) is 0 Å². The van der Waals surface area contributed by atoms with Crippen LogP contribution in [0.1, 0.15) is 25.7 Å². The van der Waals surface area contributed by atoms with E-state index >= 15 is 0 Å². The predicted molar refractivity (Wildman–Crippen MR) is 90.1 cm³/mol. The van der Waals surface area contributed by atoms with Gasteiger partial charge in [0.25, 0.3) is 0 Å². The third-order valence-corrected chi connectivity index (χ3v) is 2.51. The van der Waals surface area contributed by atoms with Crippen LogP contribution >= 0.6 is 0 Å². The first-order valence-corrected chi connectivity index (χ1v) is 6.23. The summed E-state index contributed by atoms with van der Waals surface area (Å²) in [6.45, 7) is 0. The number of carbonyl (C=O) groups excluding carboxylic acids is 6. The maximum Gasteiger partial charge on any atom is 2.00 e. The van der Waals surface area contributed by atoms with Crippen molar-refractivity contribution >= 4 is 105 Å². The average Bonchev–Trinajstić information content (AvgIpc) is 2.34. The summed E-state index contributed by atoms with van der Waals surface area (Å²) in [6, 6.07) is 0. The van der Waals surface area contributed by atoms with Gasteiger partial charge in [-0.3, -0.25) is 0 Å². The van der Waals surface area contributed by atoms with Crippen LogP contribution < -0.4 is 30.6 Å². The summed E-state index contributed by atoms with van der Waals surface area (Å²) in [5.41, 5.74) is -5.95. The number of carbonyl (C=O) groups is 6. The second-order valence-corrected chi connectivity index (χ2v) is 4.83. The van der Waals surface area contributed by atoms with Crippen LogP contribution in [0.2, 0.25) is 0 Å². The number of carboxylic acid groups (broad SMARTS) is 6. The molecule has 0 unspecified atom stereocenters. The molecule has 0 aliphatic heterocycles. The zero-order valence-corrected chi connectivity index (χ0v) is 21.0. The van der Waals surface area contributed by atoms with Gasteiger partial charge in [0.2, 0.25) is 0 Å². The molecule has 0 amide bonds. The Morgan fingerprint density at radius 1 is 0.455 bits per heavy atom. The van der Waals surface area contributed by atoms with Gasteiger partial charge >= 0.3 is 69.2 Å². The van der Waals surface area contributed by atoms with E-state index in [0.29, 0.717) is 0 Å². The number of carboxylic acids is 6. The zero-order valence-electron chi connectivity index (χ0n) is 16.7. The molecule has 180 valence electrons. The summed E-state index contributed by atoms with van der Waals surface area (Å²) >= 11 is 0. The Labute approximate surface area is 232 Å². The molecule has 0 aromatic rings. The van der Waals surface area contributed by atoms with Crippen molar-refractivity contribution in [2.75, 3.05) is 0 Å². The van der Waals surface area contributed by atoms with Gasteiger partial charge in [0.15, 0.2) is 0 Å². The van der Waals surface area contributed by atoms with Crippen LogP contribution in [0.15, 0.2) is 0 Å². The van der Waals surface area contributed by atoms with Crippen molar-refractivity contribution in [3.8, 4) is 0 Å².